The second-order valence-electron chi connectivity index (χ2n) is 5.26. The third-order valence-corrected chi connectivity index (χ3v) is 3.50. The highest BCUT2D eigenvalue weighted by molar-refractivity contribution is 5.20. The molecule has 6 nitrogen and oxygen atoms in total. The predicted molar refractivity (Wildman–Crippen MR) is 73.5 cm³/mol. The molecular weight excluding hydrogens is 260 g/mol. The SMILES string of the molecule is Cc1noc(C)c1CNCC(O)COCC1CCCO1. The second kappa shape index (κ2) is 7.73. The van der Waals surface area contributed by atoms with E-state index >= 15 is 0 Å². The molecule has 0 aromatic carbocycles. The van der Waals surface area contributed by atoms with Crippen LogP contribution in [0.2, 0.25) is 0 Å². The van der Waals surface area contributed by atoms with Gasteiger partial charge in [-0.05, 0) is 26.7 Å². The molecule has 1 saturated heterocycles. The Morgan fingerprint density at radius 1 is 1.50 bits per heavy atom. The van der Waals surface area contributed by atoms with E-state index in [2.05, 4.69) is 10.5 Å². The highest BCUT2D eigenvalue weighted by Crippen LogP contribution is 2.12. The third kappa shape index (κ3) is 4.56. The quantitative estimate of drug-likeness (QED) is 0.740. The van der Waals surface area contributed by atoms with Crippen molar-refractivity contribution in [2.45, 2.75) is 45.4 Å². The van der Waals surface area contributed by atoms with Crippen LogP contribution in [0.25, 0.3) is 0 Å². The molecule has 2 unspecified atom stereocenters. The molecule has 2 heterocycles. The molecular formula is C14H24N2O4. The molecule has 0 radical (unpaired) electrons. The predicted octanol–water partition coefficient (Wildman–Crippen LogP) is 0.938. The van der Waals surface area contributed by atoms with Crippen LogP contribution in [0.5, 0.6) is 0 Å². The fourth-order valence-electron chi connectivity index (χ4n) is 2.29. The molecule has 0 amide bonds. The summed E-state index contributed by atoms with van der Waals surface area (Å²) in [5.41, 5.74) is 1.94. The molecule has 1 aromatic rings. The first-order valence-corrected chi connectivity index (χ1v) is 7.16. The first kappa shape index (κ1) is 15.4. The first-order valence-electron chi connectivity index (χ1n) is 7.16. The van der Waals surface area contributed by atoms with E-state index in [1.165, 1.54) is 0 Å². The molecule has 1 aliphatic heterocycles. The zero-order valence-corrected chi connectivity index (χ0v) is 12.2. The molecule has 6 heteroatoms. The fraction of sp³-hybridized carbons (Fsp3) is 0.786. The molecule has 2 atom stereocenters. The standard InChI is InChI=1S/C14H24N2O4/c1-10-14(11(2)20-16-10)7-15-6-12(17)8-18-9-13-4-3-5-19-13/h12-13,15,17H,3-9H2,1-2H3. The zero-order valence-electron chi connectivity index (χ0n) is 12.2. The summed E-state index contributed by atoms with van der Waals surface area (Å²) in [6.07, 6.45) is 1.85. The highest BCUT2D eigenvalue weighted by Gasteiger charge is 2.16. The van der Waals surface area contributed by atoms with E-state index in [-0.39, 0.29) is 6.10 Å². The summed E-state index contributed by atoms with van der Waals surface area (Å²) < 4.78 is 16.0. The van der Waals surface area contributed by atoms with E-state index in [0.717, 1.165) is 36.5 Å². The first-order chi connectivity index (χ1) is 9.66. The van der Waals surface area contributed by atoms with Gasteiger partial charge in [-0.1, -0.05) is 5.16 Å². The maximum atomic E-state index is 9.82. The number of nitrogens with zero attached hydrogens (tertiary/aromatic N) is 1. The second-order valence-corrected chi connectivity index (χ2v) is 5.26. The van der Waals surface area contributed by atoms with Gasteiger partial charge in [0.05, 0.1) is 31.1 Å². The Hall–Kier alpha value is -0.950. The fourth-order valence-corrected chi connectivity index (χ4v) is 2.29. The summed E-state index contributed by atoms with van der Waals surface area (Å²) in [5, 5.41) is 16.9. The zero-order chi connectivity index (χ0) is 14.4. The van der Waals surface area contributed by atoms with Crippen LogP contribution in [0.3, 0.4) is 0 Å². The van der Waals surface area contributed by atoms with Crippen molar-refractivity contribution in [3.05, 3.63) is 17.0 Å². The van der Waals surface area contributed by atoms with Crippen LogP contribution in [-0.2, 0) is 16.0 Å². The van der Waals surface area contributed by atoms with E-state index in [9.17, 15) is 5.11 Å². The van der Waals surface area contributed by atoms with Crippen molar-refractivity contribution in [3.8, 4) is 0 Å². The summed E-state index contributed by atoms with van der Waals surface area (Å²) in [5.74, 6) is 0.819. The Labute approximate surface area is 119 Å². The van der Waals surface area contributed by atoms with Gasteiger partial charge in [-0.15, -0.1) is 0 Å². The Balaban J connectivity index is 1.56. The van der Waals surface area contributed by atoms with Gasteiger partial charge in [0.2, 0.25) is 0 Å². The van der Waals surface area contributed by atoms with Gasteiger partial charge in [0.1, 0.15) is 5.76 Å². The number of hydrogen-bond acceptors (Lipinski definition) is 6. The maximum absolute atomic E-state index is 9.82. The summed E-state index contributed by atoms with van der Waals surface area (Å²) >= 11 is 0. The summed E-state index contributed by atoms with van der Waals surface area (Å²) in [6.45, 7) is 6.65. The van der Waals surface area contributed by atoms with E-state index in [0.29, 0.717) is 26.3 Å². The van der Waals surface area contributed by atoms with Gasteiger partial charge in [0.15, 0.2) is 0 Å². The smallest absolute Gasteiger partial charge is 0.138 e. The number of ether oxygens (including phenoxy) is 2. The summed E-state index contributed by atoms with van der Waals surface area (Å²) in [6, 6.07) is 0. The minimum atomic E-state index is -0.517. The van der Waals surface area contributed by atoms with Crippen LogP contribution >= 0.6 is 0 Å². The number of aliphatic hydroxyl groups is 1. The van der Waals surface area contributed by atoms with E-state index in [1.54, 1.807) is 0 Å². The Morgan fingerprint density at radius 3 is 3.00 bits per heavy atom. The van der Waals surface area contributed by atoms with Gasteiger partial charge in [0.25, 0.3) is 0 Å². The third-order valence-electron chi connectivity index (χ3n) is 3.50. The monoisotopic (exact) mass is 284 g/mol. The Bertz CT molecular complexity index is 382. The minimum absolute atomic E-state index is 0.206. The van der Waals surface area contributed by atoms with Gasteiger partial charge >= 0.3 is 0 Å². The molecule has 1 fully saturated rings. The number of aromatic nitrogens is 1. The number of rotatable bonds is 8. The maximum Gasteiger partial charge on any atom is 0.138 e. The van der Waals surface area contributed by atoms with Crippen molar-refractivity contribution in [3.63, 3.8) is 0 Å². The molecule has 0 bridgehead atoms. The van der Waals surface area contributed by atoms with Gasteiger partial charge in [0, 0.05) is 25.3 Å². The van der Waals surface area contributed by atoms with Crippen LogP contribution in [0.15, 0.2) is 4.52 Å². The lowest BCUT2D eigenvalue weighted by Crippen LogP contribution is -2.31. The average molecular weight is 284 g/mol. The molecule has 0 spiro atoms. The summed E-state index contributed by atoms with van der Waals surface area (Å²) in [4.78, 5) is 0. The molecule has 20 heavy (non-hydrogen) atoms. The van der Waals surface area contributed by atoms with Crippen LogP contribution in [0.1, 0.15) is 29.9 Å². The molecule has 114 valence electrons. The van der Waals surface area contributed by atoms with Gasteiger partial charge in [-0.2, -0.15) is 0 Å². The number of aliphatic hydroxyl groups excluding tert-OH is 1. The Morgan fingerprint density at radius 2 is 2.35 bits per heavy atom. The number of aryl methyl sites for hydroxylation is 2. The van der Waals surface area contributed by atoms with Crippen molar-refractivity contribution in [2.75, 3.05) is 26.4 Å². The molecule has 0 aliphatic carbocycles. The molecule has 2 rings (SSSR count). The Kier molecular flexibility index (Phi) is 5.97. The minimum Gasteiger partial charge on any atom is -0.389 e. The average Bonchev–Trinajstić information content (AvgIpc) is 3.03. The van der Waals surface area contributed by atoms with Gasteiger partial charge in [-0.25, -0.2) is 0 Å². The lowest BCUT2D eigenvalue weighted by Gasteiger charge is -2.14. The lowest BCUT2D eigenvalue weighted by molar-refractivity contribution is -0.0164. The van der Waals surface area contributed by atoms with Crippen LogP contribution in [0, 0.1) is 13.8 Å². The van der Waals surface area contributed by atoms with Crippen molar-refractivity contribution in [1.82, 2.24) is 10.5 Å². The van der Waals surface area contributed by atoms with Crippen LogP contribution < -0.4 is 5.32 Å². The van der Waals surface area contributed by atoms with Gasteiger partial charge in [-0.3, -0.25) is 0 Å². The highest BCUT2D eigenvalue weighted by atomic mass is 16.5. The van der Waals surface area contributed by atoms with Crippen molar-refractivity contribution in [2.24, 2.45) is 0 Å². The van der Waals surface area contributed by atoms with Gasteiger partial charge < -0.3 is 24.4 Å². The van der Waals surface area contributed by atoms with Crippen molar-refractivity contribution < 1.29 is 19.1 Å². The number of nitrogens with one attached hydrogen (secondary N) is 1. The molecule has 1 aliphatic rings. The lowest BCUT2D eigenvalue weighted by atomic mass is 10.2. The molecule has 1 aromatic heterocycles. The van der Waals surface area contributed by atoms with E-state index in [1.807, 2.05) is 13.8 Å². The topological polar surface area (TPSA) is 76.8 Å². The van der Waals surface area contributed by atoms with Crippen LogP contribution in [-0.4, -0.2) is 48.8 Å². The van der Waals surface area contributed by atoms with Crippen molar-refractivity contribution in [1.29, 1.82) is 0 Å². The molecule has 2 N–H and O–H groups in total. The van der Waals surface area contributed by atoms with E-state index < -0.39 is 6.10 Å². The largest absolute Gasteiger partial charge is 0.389 e. The van der Waals surface area contributed by atoms with Crippen molar-refractivity contribution >= 4 is 0 Å². The summed E-state index contributed by atoms with van der Waals surface area (Å²) in [7, 11) is 0. The number of hydrogen-bond donors (Lipinski definition) is 2. The normalized spacial score (nSPS) is 20.4. The molecule has 0 saturated carbocycles. The van der Waals surface area contributed by atoms with Crippen LogP contribution in [0.4, 0.5) is 0 Å². The van der Waals surface area contributed by atoms with E-state index in [4.69, 9.17) is 14.0 Å².